The number of benzene rings is 7. The highest BCUT2D eigenvalue weighted by atomic mass is 16.4. The summed E-state index contributed by atoms with van der Waals surface area (Å²) in [5.74, 6) is 3.93. The molecule has 60 heavy (non-hydrogen) atoms. The van der Waals surface area contributed by atoms with Gasteiger partial charge in [0.1, 0.15) is 0 Å². The van der Waals surface area contributed by atoms with Crippen molar-refractivity contribution in [3.05, 3.63) is 164 Å². The summed E-state index contributed by atoms with van der Waals surface area (Å²) in [5.41, 5.74) is 11.5. The first-order valence-electron chi connectivity index (χ1n) is 21.7. The standard InChI is InChI=1S/C54H41N5O/c1-5-16-46-40(12-1)41-13-2-6-17-47(41)58(46)38-20-22-50-44(28-38)45-29-39(59-48-18-7-3-14-42(48)43-15-4-8-19-49(43)59)21-23-51(45)57(50)37-11-9-10-36(27-37)52-55-56-53(60-52)54-30-33-24-34(31-54)26-35(25-33)32-54/h1-23,27-29,33-35H,24-26,30-32H2. The van der Waals surface area contributed by atoms with Crippen LogP contribution in [0.3, 0.4) is 0 Å². The Morgan fingerprint density at radius 3 is 1.28 bits per heavy atom. The molecule has 6 nitrogen and oxygen atoms in total. The molecule has 4 aliphatic rings. The maximum absolute atomic E-state index is 6.72. The summed E-state index contributed by atoms with van der Waals surface area (Å²) in [5, 5.41) is 17.0. The van der Waals surface area contributed by atoms with E-state index in [4.69, 9.17) is 14.6 Å². The molecule has 15 rings (SSSR count). The molecule has 11 aromatic rings. The Balaban J connectivity index is 0.974. The molecule has 288 valence electrons. The molecule has 4 fully saturated rings. The fourth-order valence-electron chi connectivity index (χ4n) is 12.7. The summed E-state index contributed by atoms with van der Waals surface area (Å²) < 4.78 is 14.0. The zero-order chi connectivity index (χ0) is 39.1. The van der Waals surface area contributed by atoms with E-state index in [1.807, 2.05) is 0 Å². The molecule has 0 saturated heterocycles. The van der Waals surface area contributed by atoms with Crippen LogP contribution in [0.2, 0.25) is 0 Å². The van der Waals surface area contributed by atoms with Crippen LogP contribution < -0.4 is 0 Å². The summed E-state index contributed by atoms with van der Waals surface area (Å²) in [7, 11) is 0. The van der Waals surface area contributed by atoms with Crippen LogP contribution in [-0.4, -0.2) is 23.9 Å². The van der Waals surface area contributed by atoms with Crippen LogP contribution in [0.1, 0.15) is 44.4 Å². The van der Waals surface area contributed by atoms with Crippen LogP contribution in [0.5, 0.6) is 0 Å². The van der Waals surface area contributed by atoms with Crippen molar-refractivity contribution in [3.63, 3.8) is 0 Å². The second kappa shape index (κ2) is 12.1. The van der Waals surface area contributed by atoms with Gasteiger partial charge >= 0.3 is 0 Å². The number of nitrogens with zero attached hydrogens (tertiary/aromatic N) is 5. The Labute approximate surface area is 346 Å². The third-order valence-corrected chi connectivity index (χ3v) is 14.7. The van der Waals surface area contributed by atoms with E-state index in [0.717, 1.165) is 57.3 Å². The molecule has 4 saturated carbocycles. The average Bonchev–Trinajstić information content (AvgIpc) is 4.07. The molecule has 4 aliphatic carbocycles. The van der Waals surface area contributed by atoms with E-state index in [1.54, 1.807) is 0 Å². The van der Waals surface area contributed by atoms with E-state index in [2.05, 4.69) is 171 Å². The van der Waals surface area contributed by atoms with Gasteiger partial charge in [0.25, 0.3) is 0 Å². The van der Waals surface area contributed by atoms with Gasteiger partial charge < -0.3 is 18.1 Å². The summed E-state index contributed by atoms with van der Waals surface area (Å²) in [6.45, 7) is 0. The highest BCUT2D eigenvalue weighted by Gasteiger charge is 2.54. The molecular formula is C54H41N5O. The molecule has 4 aromatic heterocycles. The van der Waals surface area contributed by atoms with Gasteiger partial charge in [0, 0.05) is 60.4 Å². The fourth-order valence-corrected chi connectivity index (χ4v) is 12.7. The molecule has 0 spiro atoms. The lowest BCUT2D eigenvalue weighted by atomic mass is 9.49. The quantitative estimate of drug-likeness (QED) is 0.175. The Morgan fingerprint density at radius 1 is 0.400 bits per heavy atom. The minimum absolute atomic E-state index is 0.0621. The van der Waals surface area contributed by atoms with E-state index in [9.17, 15) is 0 Å². The molecule has 0 amide bonds. The van der Waals surface area contributed by atoms with Gasteiger partial charge in [-0.2, -0.15) is 0 Å². The second-order valence-electron chi connectivity index (χ2n) is 18.1. The summed E-state index contributed by atoms with van der Waals surface area (Å²) >= 11 is 0. The third-order valence-electron chi connectivity index (χ3n) is 14.7. The number of fused-ring (bicyclic) bond motifs is 9. The number of hydrogen-bond acceptors (Lipinski definition) is 3. The average molecular weight is 776 g/mol. The van der Waals surface area contributed by atoms with E-state index in [0.29, 0.717) is 5.89 Å². The first kappa shape index (κ1) is 33.0. The van der Waals surface area contributed by atoms with E-state index < -0.39 is 0 Å². The molecular weight excluding hydrogens is 735 g/mol. The fraction of sp³-hybridized carbons (Fsp3) is 0.185. The normalized spacial score (nSPS) is 21.2. The van der Waals surface area contributed by atoms with Crippen molar-refractivity contribution in [1.82, 2.24) is 23.9 Å². The van der Waals surface area contributed by atoms with E-state index in [-0.39, 0.29) is 5.41 Å². The van der Waals surface area contributed by atoms with Crippen LogP contribution in [-0.2, 0) is 5.41 Å². The Kier molecular flexibility index (Phi) is 6.64. The van der Waals surface area contributed by atoms with Gasteiger partial charge in [-0.3, -0.25) is 0 Å². The predicted octanol–water partition coefficient (Wildman–Crippen LogP) is 13.5. The maximum Gasteiger partial charge on any atom is 0.247 e. The van der Waals surface area contributed by atoms with Gasteiger partial charge in [-0.1, -0.05) is 78.9 Å². The maximum atomic E-state index is 6.72. The van der Waals surface area contributed by atoms with Gasteiger partial charge in [0.15, 0.2) is 0 Å². The van der Waals surface area contributed by atoms with Crippen molar-refractivity contribution >= 4 is 65.4 Å². The molecule has 7 aromatic carbocycles. The molecule has 4 heterocycles. The minimum atomic E-state index is 0.0621. The lowest BCUT2D eigenvalue weighted by Crippen LogP contribution is -2.48. The molecule has 0 atom stereocenters. The zero-order valence-corrected chi connectivity index (χ0v) is 33.1. The van der Waals surface area contributed by atoms with Crippen molar-refractivity contribution in [1.29, 1.82) is 0 Å². The molecule has 6 heteroatoms. The Hall–Kier alpha value is -6.92. The van der Waals surface area contributed by atoms with Crippen LogP contribution in [0, 0.1) is 17.8 Å². The summed E-state index contributed by atoms with van der Waals surface area (Å²) in [4.78, 5) is 0. The van der Waals surface area contributed by atoms with Crippen molar-refractivity contribution in [3.8, 4) is 28.5 Å². The van der Waals surface area contributed by atoms with Crippen LogP contribution in [0.15, 0.2) is 162 Å². The predicted molar refractivity (Wildman–Crippen MR) is 243 cm³/mol. The molecule has 4 bridgehead atoms. The number of rotatable bonds is 5. The van der Waals surface area contributed by atoms with Gasteiger partial charge in [0.2, 0.25) is 11.8 Å². The van der Waals surface area contributed by atoms with Crippen molar-refractivity contribution in [2.24, 2.45) is 17.8 Å². The first-order chi connectivity index (χ1) is 29.7. The highest BCUT2D eigenvalue weighted by Crippen LogP contribution is 2.60. The lowest BCUT2D eigenvalue weighted by Gasteiger charge is -2.55. The second-order valence-corrected chi connectivity index (χ2v) is 18.1. The zero-order valence-electron chi connectivity index (χ0n) is 33.1. The number of hydrogen-bond donors (Lipinski definition) is 0. The molecule has 0 unspecified atom stereocenters. The van der Waals surface area contributed by atoms with Crippen molar-refractivity contribution in [2.45, 2.75) is 43.9 Å². The molecule has 0 radical (unpaired) electrons. The van der Waals surface area contributed by atoms with Crippen molar-refractivity contribution < 1.29 is 4.42 Å². The number of aromatic nitrogens is 5. The molecule has 0 aliphatic heterocycles. The SMILES string of the molecule is c1cc(-c2nnc(C34CC5CC(CC(C5)C3)C4)o2)cc(-n2c3ccc(-n4c5ccccc5c5ccccc54)cc3c3cc(-n4c5ccccc5c5ccccc54)ccc32)c1. The third kappa shape index (κ3) is 4.59. The first-order valence-corrected chi connectivity index (χ1v) is 21.7. The van der Waals surface area contributed by atoms with Gasteiger partial charge in [-0.15, -0.1) is 10.2 Å². The highest BCUT2D eigenvalue weighted by molar-refractivity contribution is 6.14. The number of para-hydroxylation sites is 4. The lowest BCUT2D eigenvalue weighted by molar-refractivity contribution is -0.0176. The Bertz CT molecular complexity index is 3250. The van der Waals surface area contributed by atoms with Gasteiger partial charge in [0.05, 0.1) is 33.1 Å². The van der Waals surface area contributed by atoms with E-state index in [1.165, 1.54) is 92.9 Å². The van der Waals surface area contributed by atoms with Gasteiger partial charge in [-0.25, -0.2) is 0 Å². The van der Waals surface area contributed by atoms with Crippen molar-refractivity contribution in [2.75, 3.05) is 0 Å². The van der Waals surface area contributed by atoms with Crippen LogP contribution in [0.25, 0.3) is 93.9 Å². The van der Waals surface area contributed by atoms with E-state index >= 15 is 0 Å². The smallest absolute Gasteiger partial charge is 0.247 e. The molecule has 0 N–H and O–H groups in total. The monoisotopic (exact) mass is 775 g/mol. The largest absolute Gasteiger partial charge is 0.420 e. The van der Waals surface area contributed by atoms with Crippen LogP contribution >= 0.6 is 0 Å². The van der Waals surface area contributed by atoms with Crippen LogP contribution in [0.4, 0.5) is 0 Å². The summed E-state index contributed by atoms with van der Waals surface area (Å²) in [6.07, 6.45) is 7.78. The topological polar surface area (TPSA) is 53.7 Å². The minimum Gasteiger partial charge on any atom is -0.420 e. The Morgan fingerprint density at radius 2 is 0.817 bits per heavy atom. The summed E-state index contributed by atoms with van der Waals surface area (Å²) in [6, 6.07) is 57.7. The van der Waals surface area contributed by atoms with Gasteiger partial charge in [-0.05, 0) is 135 Å².